The summed E-state index contributed by atoms with van der Waals surface area (Å²) < 4.78 is 18.3. The van der Waals surface area contributed by atoms with E-state index in [1.807, 2.05) is 0 Å². The Bertz CT molecular complexity index is 433. The summed E-state index contributed by atoms with van der Waals surface area (Å²) in [7, 11) is 3.13. The zero-order valence-electron chi connectivity index (χ0n) is 9.87. The Balaban J connectivity index is 2.15. The fourth-order valence-electron chi connectivity index (χ4n) is 1.72. The van der Waals surface area contributed by atoms with Crippen LogP contribution in [0.1, 0.15) is 10.4 Å². The van der Waals surface area contributed by atoms with Gasteiger partial charge in [0.2, 0.25) is 0 Å². The van der Waals surface area contributed by atoms with Gasteiger partial charge in [-0.3, -0.25) is 4.79 Å². The number of nitrogens with one attached hydrogen (secondary N) is 1. The van der Waals surface area contributed by atoms with Crippen molar-refractivity contribution in [2.45, 2.75) is 6.04 Å². The largest absolute Gasteiger partial charge is 0.494 e. The van der Waals surface area contributed by atoms with E-state index in [2.05, 4.69) is 5.32 Å². The van der Waals surface area contributed by atoms with Gasteiger partial charge in [0.05, 0.1) is 13.2 Å². The van der Waals surface area contributed by atoms with E-state index in [1.165, 1.54) is 19.2 Å². The van der Waals surface area contributed by atoms with Gasteiger partial charge >= 0.3 is 0 Å². The van der Waals surface area contributed by atoms with Crippen molar-refractivity contribution in [3.05, 3.63) is 29.6 Å². The van der Waals surface area contributed by atoms with E-state index < -0.39 is 5.82 Å². The summed E-state index contributed by atoms with van der Waals surface area (Å²) in [4.78, 5) is 13.7. The van der Waals surface area contributed by atoms with Crippen molar-refractivity contribution < 1.29 is 13.9 Å². The van der Waals surface area contributed by atoms with Crippen molar-refractivity contribution >= 4 is 5.91 Å². The molecule has 1 saturated heterocycles. The molecule has 0 saturated carbocycles. The molecule has 1 heterocycles. The Kier molecular flexibility index (Phi) is 3.28. The lowest BCUT2D eigenvalue weighted by Crippen LogP contribution is -2.57. The molecule has 0 unspecified atom stereocenters. The topological polar surface area (TPSA) is 41.6 Å². The second-order valence-corrected chi connectivity index (χ2v) is 4.08. The molecule has 0 atom stereocenters. The number of hydrogen-bond acceptors (Lipinski definition) is 3. The lowest BCUT2D eigenvalue weighted by molar-refractivity contribution is 0.0680. The molecular formula is C12H15FN2O2. The van der Waals surface area contributed by atoms with Gasteiger partial charge in [0, 0.05) is 25.7 Å². The molecule has 0 radical (unpaired) electrons. The Morgan fingerprint density at radius 3 is 2.71 bits per heavy atom. The highest BCUT2D eigenvalue weighted by Crippen LogP contribution is 2.19. The number of benzene rings is 1. The molecule has 1 aliphatic heterocycles. The minimum Gasteiger partial charge on any atom is -0.494 e. The number of methoxy groups -OCH3 is 1. The first-order valence-corrected chi connectivity index (χ1v) is 5.45. The van der Waals surface area contributed by atoms with Crippen LogP contribution in [0.25, 0.3) is 0 Å². The molecule has 1 aliphatic rings. The van der Waals surface area contributed by atoms with Crippen LogP contribution in [0.3, 0.4) is 0 Å². The van der Waals surface area contributed by atoms with Gasteiger partial charge in [0.1, 0.15) is 0 Å². The van der Waals surface area contributed by atoms with Gasteiger partial charge in [-0.2, -0.15) is 0 Å². The SMILES string of the molecule is COc1ccc(C(=O)N(C)C2CNC2)cc1F. The zero-order chi connectivity index (χ0) is 12.4. The summed E-state index contributed by atoms with van der Waals surface area (Å²) in [6.45, 7) is 1.59. The van der Waals surface area contributed by atoms with E-state index in [9.17, 15) is 9.18 Å². The normalized spacial score (nSPS) is 15.2. The van der Waals surface area contributed by atoms with Gasteiger partial charge in [-0.15, -0.1) is 0 Å². The van der Waals surface area contributed by atoms with Gasteiger partial charge in [-0.25, -0.2) is 4.39 Å². The van der Waals surface area contributed by atoms with Crippen molar-refractivity contribution in [1.82, 2.24) is 10.2 Å². The molecule has 0 aliphatic carbocycles. The van der Waals surface area contributed by atoms with Crippen molar-refractivity contribution in [2.24, 2.45) is 0 Å². The van der Waals surface area contributed by atoms with E-state index >= 15 is 0 Å². The highest BCUT2D eigenvalue weighted by atomic mass is 19.1. The third kappa shape index (κ3) is 2.24. The molecule has 0 aromatic heterocycles. The minimum atomic E-state index is -0.515. The molecule has 1 fully saturated rings. The highest BCUT2D eigenvalue weighted by molar-refractivity contribution is 5.94. The van der Waals surface area contributed by atoms with E-state index in [1.54, 1.807) is 18.0 Å². The second-order valence-electron chi connectivity index (χ2n) is 4.08. The number of carbonyl (C=O) groups excluding carboxylic acids is 1. The standard InChI is InChI=1S/C12H15FN2O2/c1-15(9-6-14-7-9)12(16)8-3-4-11(17-2)10(13)5-8/h3-5,9,14H,6-7H2,1-2H3. The van der Waals surface area contributed by atoms with Gasteiger partial charge < -0.3 is 15.0 Å². The van der Waals surface area contributed by atoms with Crippen molar-refractivity contribution in [2.75, 3.05) is 27.2 Å². The molecular weight excluding hydrogens is 223 g/mol. The Morgan fingerprint density at radius 1 is 1.53 bits per heavy atom. The Morgan fingerprint density at radius 2 is 2.24 bits per heavy atom. The number of nitrogens with zero attached hydrogens (tertiary/aromatic N) is 1. The molecule has 0 spiro atoms. The number of amides is 1. The number of ether oxygens (including phenoxy) is 1. The summed E-state index contributed by atoms with van der Waals surface area (Å²) in [5.41, 5.74) is 0.345. The van der Waals surface area contributed by atoms with Crippen LogP contribution in [0.15, 0.2) is 18.2 Å². The number of likely N-dealkylation sites (N-methyl/N-ethyl adjacent to an activating group) is 1. The lowest BCUT2D eigenvalue weighted by Gasteiger charge is -2.35. The molecule has 5 heteroatoms. The average Bonchev–Trinajstić information content (AvgIpc) is 2.25. The molecule has 2 rings (SSSR count). The van der Waals surface area contributed by atoms with Gasteiger partial charge in [-0.1, -0.05) is 0 Å². The maximum Gasteiger partial charge on any atom is 0.254 e. The molecule has 1 aromatic carbocycles. The first kappa shape index (κ1) is 11.9. The third-order valence-electron chi connectivity index (χ3n) is 3.03. The third-order valence-corrected chi connectivity index (χ3v) is 3.03. The summed E-state index contributed by atoms with van der Waals surface area (Å²) in [6, 6.07) is 4.46. The maximum atomic E-state index is 13.5. The smallest absolute Gasteiger partial charge is 0.254 e. The fraction of sp³-hybridized carbons (Fsp3) is 0.417. The Hall–Kier alpha value is -1.62. The molecule has 0 bridgehead atoms. The molecule has 1 N–H and O–H groups in total. The van der Waals surface area contributed by atoms with Crippen LogP contribution in [0.2, 0.25) is 0 Å². The summed E-state index contributed by atoms with van der Waals surface area (Å²) in [5.74, 6) is -0.536. The van der Waals surface area contributed by atoms with Crippen LogP contribution in [0, 0.1) is 5.82 Å². The molecule has 1 aromatic rings. The van der Waals surface area contributed by atoms with Crippen LogP contribution < -0.4 is 10.1 Å². The molecule has 4 nitrogen and oxygen atoms in total. The van der Waals surface area contributed by atoms with Crippen LogP contribution in [-0.2, 0) is 0 Å². The predicted octanol–water partition coefficient (Wildman–Crippen LogP) is 0.878. The predicted molar refractivity (Wildman–Crippen MR) is 61.7 cm³/mol. The minimum absolute atomic E-state index is 0.148. The molecule has 17 heavy (non-hydrogen) atoms. The van der Waals surface area contributed by atoms with Crippen molar-refractivity contribution in [3.63, 3.8) is 0 Å². The highest BCUT2D eigenvalue weighted by Gasteiger charge is 2.26. The quantitative estimate of drug-likeness (QED) is 0.850. The van der Waals surface area contributed by atoms with Crippen molar-refractivity contribution in [1.29, 1.82) is 0 Å². The average molecular weight is 238 g/mol. The molecule has 92 valence electrons. The van der Waals surface area contributed by atoms with Crippen molar-refractivity contribution in [3.8, 4) is 5.75 Å². The monoisotopic (exact) mass is 238 g/mol. The van der Waals surface area contributed by atoms with Gasteiger partial charge in [0.25, 0.3) is 5.91 Å². The van der Waals surface area contributed by atoms with Crippen LogP contribution >= 0.6 is 0 Å². The van der Waals surface area contributed by atoms with E-state index in [-0.39, 0.29) is 17.7 Å². The van der Waals surface area contributed by atoms with Crippen LogP contribution in [0.4, 0.5) is 4.39 Å². The second kappa shape index (κ2) is 4.71. The first-order chi connectivity index (χ1) is 8.13. The zero-order valence-corrected chi connectivity index (χ0v) is 9.87. The van der Waals surface area contributed by atoms with Crippen LogP contribution in [-0.4, -0.2) is 44.1 Å². The Labute approximate surface area is 99.4 Å². The van der Waals surface area contributed by atoms with Gasteiger partial charge in [0.15, 0.2) is 11.6 Å². The molecule has 1 amide bonds. The number of hydrogen-bond donors (Lipinski definition) is 1. The van der Waals surface area contributed by atoms with Crippen LogP contribution in [0.5, 0.6) is 5.75 Å². The van der Waals surface area contributed by atoms with E-state index in [0.29, 0.717) is 5.56 Å². The fourth-order valence-corrected chi connectivity index (χ4v) is 1.72. The maximum absolute atomic E-state index is 13.5. The number of rotatable bonds is 3. The number of halogens is 1. The summed E-state index contributed by atoms with van der Waals surface area (Å²) in [6.07, 6.45) is 0. The summed E-state index contributed by atoms with van der Waals surface area (Å²) in [5, 5.41) is 3.09. The van der Waals surface area contributed by atoms with E-state index in [4.69, 9.17) is 4.74 Å². The van der Waals surface area contributed by atoms with Gasteiger partial charge in [-0.05, 0) is 18.2 Å². The lowest BCUT2D eigenvalue weighted by atomic mass is 10.1. The summed E-state index contributed by atoms with van der Waals surface area (Å²) >= 11 is 0. The first-order valence-electron chi connectivity index (χ1n) is 5.45. The van der Waals surface area contributed by atoms with E-state index in [0.717, 1.165) is 13.1 Å². The number of carbonyl (C=O) groups is 1.